The van der Waals surface area contributed by atoms with Gasteiger partial charge in [0.05, 0.1) is 33.5 Å². The highest BCUT2D eigenvalue weighted by Crippen LogP contribution is 2.38. The summed E-state index contributed by atoms with van der Waals surface area (Å²) in [5, 5.41) is 12.0. The zero-order valence-corrected chi connectivity index (χ0v) is 19.3. The second kappa shape index (κ2) is 8.76. The van der Waals surface area contributed by atoms with Crippen LogP contribution in [-0.2, 0) is 11.2 Å². The van der Waals surface area contributed by atoms with E-state index in [0.717, 1.165) is 44.9 Å². The Hall–Kier alpha value is -3.56. The Balaban J connectivity index is 1.51. The summed E-state index contributed by atoms with van der Waals surface area (Å²) in [6.07, 6.45) is 9.23. The molecule has 3 aromatic rings. The summed E-state index contributed by atoms with van der Waals surface area (Å²) >= 11 is 1.58. The fourth-order valence-electron chi connectivity index (χ4n) is 4.25. The van der Waals surface area contributed by atoms with Gasteiger partial charge in [-0.05, 0) is 37.9 Å². The molecule has 2 aliphatic heterocycles. The molecule has 0 saturated carbocycles. The number of amides is 1. The monoisotopic (exact) mass is 459 g/mol. The number of hydrogen-bond acceptors (Lipinski definition) is 7. The van der Waals surface area contributed by atoms with Crippen molar-refractivity contribution in [1.82, 2.24) is 30.1 Å². The Morgan fingerprint density at radius 3 is 2.91 bits per heavy atom. The summed E-state index contributed by atoms with van der Waals surface area (Å²) in [7, 11) is 4.02. The van der Waals surface area contributed by atoms with Crippen LogP contribution in [0.25, 0.3) is 10.2 Å². The molecule has 0 bridgehead atoms. The number of aromatic amines is 1. The summed E-state index contributed by atoms with van der Waals surface area (Å²) in [6.45, 7) is 1.31. The Morgan fingerprint density at radius 1 is 1.33 bits per heavy atom. The van der Waals surface area contributed by atoms with Crippen LogP contribution >= 0.6 is 11.3 Å². The largest absolute Gasteiger partial charge is 0.361 e. The van der Waals surface area contributed by atoms with Gasteiger partial charge >= 0.3 is 0 Å². The van der Waals surface area contributed by atoms with E-state index in [1.54, 1.807) is 22.6 Å². The molecule has 2 aliphatic rings. The summed E-state index contributed by atoms with van der Waals surface area (Å²) in [6, 6.07) is 7.58. The quantitative estimate of drug-likeness (QED) is 0.402. The van der Waals surface area contributed by atoms with Crippen LogP contribution in [0.3, 0.4) is 0 Å². The molecule has 5 rings (SSSR count). The third-order valence-corrected chi connectivity index (χ3v) is 6.86. The first kappa shape index (κ1) is 21.3. The van der Waals surface area contributed by atoms with Crippen molar-refractivity contribution in [2.75, 3.05) is 27.2 Å². The molecule has 1 aromatic carbocycles. The lowest BCUT2D eigenvalue weighted by molar-refractivity contribution is -0.128. The number of benzene rings is 1. The predicted octanol–water partition coefficient (Wildman–Crippen LogP) is 3.00. The Bertz CT molecular complexity index is 1280. The Kier molecular flexibility index (Phi) is 5.65. The number of hydrogen-bond donors (Lipinski definition) is 3. The number of rotatable bonds is 5. The first-order valence-electron chi connectivity index (χ1n) is 10.8. The molecule has 0 spiro atoms. The van der Waals surface area contributed by atoms with Gasteiger partial charge in [-0.15, -0.1) is 11.3 Å². The highest BCUT2D eigenvalue weighted by molar-refractivity contribution is 7.18. The predicted molar refractivity (Wildman–Crippen MR) is 130 cm³/mol. The van der Waals surface area contributed by atoms with Crippen LogP contribution in [0.15, 0.2) is 65.8 Å². The fourth-order valence-corrected chi connectivity index (χ4v) is 5.33. The summed E-state index contributed by atoms with van der Waals surface area (Å²) in [5.41, 5.74) is 4.80. The molecule has 0 radical (unpaired) electrons. The molecule has 9 heteroatoms. The number of para-hydroxylation sites is 1. The van der Waals surface area contributed by atoms with Gasteiger partial charge in [0, 0.05) is 37.6 Å². The minimum absolute atomic E-state index is 0.209. The van der Waals surface area contributed by atoms with Crippen LogP contribution < -0.4 is 5.32 Å². The molecule has 1 amide bonds. The average Bonchev–Trinajstić information content (AvgIpc) is 3.46. The fraction of sp³-hybridized carbons (Fsp3) is 0.250. The number of thiazole rings is 1. The van der Waals surface area contributed by atoms with Crippen LogP contribution in [0.1, 0.15) is 22.4 Å². The van der Waals surface area contributed by atoms with Crippen molar-refractivity contribution in [3.05, 3.63) is 82.2 Å². The van der Waals surface area contributed by atoms with Crippen LogP contribution in [0, 0.1) is 5.41 Å². The molecule has 0 aliphatic carbocycles. The van der Waals surface area contributed by atoms with Gasteiger partial charge in [0.1, 0.15) is 11.0 Å². The lowest BCUT2D eigenvalue weighted by atomic mass is 10.0. The van der Waals surface area contributed by atoms with Gasteiger partial charge in [0.2, 0.25) is 0 Å². The number of H-pyrrole nitrogens is 1. The van der Waals surface area contributed by atoms with E-state index in [1.165, 1.54) is 0 Å². The summed E-state index contributed by atoms with van der Waals surface area (Å²) < 4.78 is 1.07. The van der Waals surface area contributed by atoms with Gasteiger partial charge in [-0.2, -0.15) is 0 Å². The molecule has 0 fully saturated rings. The number of allylic oxidation sites excluding steroid dienone is 1. The molecular formula is C24H25N7OS. The standard InChI is InChI=1S/C24H25N7OS/c1-30(2)13-15-7-8-17(26-12-15)16(11-25)24(32)31-10-9-19-21(28-14-27-19)22(31)23-29-18-5-3-4-6-20(18)33-23/h3-8,11-12,14,22,25-26H,9-10,13H2,1-2H3,(H,27,28)/b17-16+,25-11?/t22-/m0/s1. The topological polar surface area (TPSA) is 101 Å². The molecule has 2 aromatic heterocycles. The number of imidazole rings is 1. The molecule has 0 unspecified atom stereocenters. The second-order valence-electron chi connectivity index (χ2n) is 8.34. The lowest BCUT2D eigenvalue weighted by Gasteiger charge is -2.34. The van der Waals surface area contributed by atoms with E-state index in [9.17, 15) is 4.79 Å². The number of aromatic nitrogens is 3. The zero-order valence-electron chi connectivity index (χ0n) is 18.5. The van der Waals surface area contributed by atoms with E-state index in [0.29, 0.717) is 24.2 Å². The van der Waals surface area contributed by atoms with Crippen molar-refractivity contribution in [1.29, 1.82) is 5.41 Å². The molecule has 3 N–H and O–H groups in total. The number of dihydropyridines is 1. The average molecular weight is 460 g/mol. The van der Waals surface area contributed by atoms with E-state index in [1.807, 2.05) is 56.7 Å². The molecule has 0 saturated heterocycles. The molecule has 168 valence electrons. The van der Waals surface area contributed by atoms with Gasteiger partial charge in [0.15, 0.2) is 0 Å². The maximum atomic E-state index is 13.8. The zero-order chi connectivity index (χ0) is 22.9. The third kappa shape index (κ3) is 4.01. The molecule has 33 heavy (non-hydrogen) atoms. The highest BCUT2D eigenvalue weighted by atomic mass is 32.1. The Labute approximate surface area is 195 Å². The molecule has 1 atom stereocenters. The van der Waals surface area contributed by atoms with E-state index in [-0.39, 0.29) is 5.91 Å². The normalized spacial score (nSPS) is 19.3. The van der Waals surface area contributed by atoms with Crippen LogP contribution in [0.2, 0.25) is 0 Å². The molecular weight excluding hydrogens is 434 g/mol. The van der Waals surface area contributed by atoms with E-state index >= 15 is 0 Å². The van der Waals surface area contributed by atoms with Gasteiger partial charge in [-0.25, -0.2) is 9.97 Å². The summed E-state index contributed by atoms with van der Waals surface area (Å²) in [4.78, 5) is 30.2. The molecule has 8 nitrogen and oxygen atoms in total. The first-order valence-corrected chi connectivity index (χ1v) is 11.6. The Morgan fingerprint density at radius 2 is 2.18 bits per heavy atom. The van der Waals surface area contributed by atoms with Gasteiger partial charge in [-0.3, -0.25) is 4.79 Å². The van der Waals surface area contributed by atoms with Crippen molar-refractivity contribution in [3.63, 3.8) is 0 Å². The number of nitrogens with one attached hydrogen (secondary N) is 3. The van der Waals surface area contributed by atoms with Crippen LogP contribution in [0.5, 0.6) is 0 Å². The number of carbonyl (C=O) groups excluding carboxylic acids is 1. The second-order valence-corrected chi connectivity index (χ2v) is 9.41. The summed E-state index contributed by atoms with van der Waals surface area (Å²) in [5.74, 6) is -0.209. The lowest BCUT2D eigenvalue weighted by Crippen LogP contribution is -2.42. The van der Waals surface area contributed by atoms with Gasteiger partial charge < -0.3 is 25.5 Å². The van der Waals surface area contributed by atoms with Crippen LogP contribution in [-0.4, -0.2) is 64.1 Å². The first-order chi connectivity index (χ1) is 16.0. The van der Waals surface area contributed by atoms with Crippen molar-refractivity contribution < 1.29 is 4.79 Å². The maximum Gasteiger partial charge on any atom is 0.258 e. The van der Waals surface area contributed by atoms with Crippen molar-refractivity contribution >= 4 is 33.7 Å². The molecule has 4 heterocycles. The van der Waals surface area contributed by atoms with Crippen molar-refractivity contribution in [3.8, 4) is 0 Å². The SMILES string of the molecule is CN(C)CC1=CN/C(=C(\C=N)C(=O)N2CCc3[nH]cnc3[C@H]2c2nc3ccccc3s2)C=C1. The number of likely N-dealkylation sites (N-methyl/N-ethyl adjacent to an activating group) is 1. The van der Waals surface area contributed by atoms with Crippen molar-refractivity contribution in [2.45, 2.75) is 12.5 Å². The van der Waals surface area contributed by atoms with E-state index in [4.69, 9.17) is 10.4 Å². The van der Waals surface area contributed by atoms with Gasteiger partial charge in [-0.1, -0.05) is 18.2 Å². The van der Waals surface area contributed by atoms with E-state index < -0.39 is 6.04 Å². The minimum atomic E-state index is -0.395. The highest BCUT2D eigenvalue weighted by Gasteiger charge is 2.37. The number of fused-ring (bicyclic) bond motifs is 2. The van der Waals surface area contributed by atoms with Crippen molar-refractivity contribution in [2.24, 2.45) is 0 Å². The van der Waals surface area contributed by atoms with Crippen LogP contribution in [0.4, 0.5) is 0 Å². The number of nitrogens with zero attached hydrogens (tertiary/aromatic N) is 4. The number of carbonyl (C=O) groups is 1. The smallest absolute Gasteiger partial charge is 0.258 e. The third-order valence-electron chi connectivity index (χ3n) is 5.77. The minimum Gasteiger partial charge on any atom is -0.361 e. The van der Waals surface area contributed by atoms with E-state index in [2.05, 4.69) is 20.2 Å². The maximum absolute atomic E-state index is 13.8. The van der Waals surface area contributed by atoms with Gasteiger partial charge in [0.25, 0.3) is 5.91 Å².